The highest BCUT2D eigenvalue weighted by atomic mass is 35.5. The topological polar surface area (TPSA) is 47.0 Å². The lowest BCUT2D eigenvalue weighted by molar-refractivity contribution is 0.185. The molecule has 0 saturated carbocycles. The molecule has 0 bridgehead atoms. The van der Waals surface area contributed by atoms with Crippen LogP contribution >= 0.6 is 11.6 Å². The van der Waals surface area contributed by atoms with Crippen LogP contribution in [0, 0.1) is 5.92 Å². The number of anilines is 1. The minimum atomic E-state index is 0.503. The lowest BCUT2D eigenvalue weighted by Gasteiger charge is -2.10. The third-order valence-electron chi connectivity index (χ3n) is 2.94. The average Bonchev–Trinajstić information content (AvgIpc) is 2.81. The number of nitrogens with one attached hydrogen (secondary N) is 1. The Labute approximate surface area is 107 Å². The van der Waals surface area contributed by atoms with Gasteiger partial charge in [0.25, 0.3) is 0 Å². The van der Waals surface area contributed by atoms with Crippen LogP contribution in [0.3, 0.4) is 0 Å². The SMILES string of the molecule is CCc1nc(Cl)cc(NCCC2CCOC2)n1. The minimum Gasteiger partial charge on any atom is -0.381 e. The first-order chi connectivity index (χ1) is 8.28. The third kappa shape index (κ3) is 3.82. The molecular weight excluding hydrogens is 238 g/mol. The Kier molecular flexibility index (Phi) is 4.57. The Balaban J connectivity index is 1.83. The van der Waals surface area contributed by atoms with Crippen molar-refractivity contribution in [2.75, 3.05) is 25.1 Å². The molecule has 1 fully saturated rings. The summed E-state index contributed by atoms with van der Waals surface area (Å²) < 4.78 is 5.34. The molecule has 1 aromatic rings. The number of halogens is 1. The van der Waals surface area contributed by atoms with E-state index in [4.69, 9.17) is 16.3 Å². The highest BCUT2D eigenvalue weighted by Gasteiger charge is 2.14. The van der Waals surface area contributed by atoms with Gasteiger partial charge in [-0.1, -0.05) is 18.5 Å². The van der Waals surface area contributed by atoms with Crippen molar-refractivity contribution in [2.45, 2.75) is 26.2 Å². The van der Waals surface area contributed by atoms with Gasteiger partial charge in [-0.3, -0.25) is 0 Å². The van der Waals surface area contributed by atoms with Gasteiger partial charge in [0.15, 0.2) is 0 Å². The summed E-state index contributed by atoms with van der Waals surface area (Å²) in [6, 6.07) is 1.77. The second kappa shape index (κ2) is 6.17. The summed E-state index contributed by atoms with van der Waals surface area (Å²) in [4.78, 5) is 8.51. The molecule has 0 aliphatic carbocycles. The van der Waals surface area contributed by atoms with E-state index in [9.17, 15) is 0 Å². The fourth-order valence-corrected chi connectivity index (χ4v) is 2.13. The molecular formula is C12H18ClN3O. The zero-order valence-corrected chi connectivity index (χ0v) is 10.8. The van der Waals surface area contributed by atoms with Crippen LogP contribution in [0.4, 0.5) is 5.82 Å². The monoisotopic (exact) mass is 255 g/mol. The molecule has 0 radical (unpaired) electrons. The van der Waals surface area contributed by atoms with Crippen LogP contribution in [0.1, 0.15) is 25.6 Å². The molecule has 1 saturated heterocycles. The van der Waals surface area contributed by atoms with Crippen molar-refractivity contribution >= 4 is 17.4 Å². The molecule has 1 aliphatic rings. The molecule has 17 heavy (non-hydrogen) atoms. The highest BCUT2D eigenvalue weighted by Crippen LogP contribution is 2.17. The van der Waals surface area contributed by atoms with E-state index in [1.165, 1.54) is 6.42 Å². The molecule has 1 aliphatic heterocycles. The Hall–Kier alpha value is -0.870. The summed E-state index contributed by atoms with van der Waals surface area (Å²) in [5, 5.41) is 3.80. The fraction of sp³-hybridized carbons (Fsp3) is 0.667. The normalized spacial score (nSPS) is 19.5. The lowest BCUT2D eigenvalue weighted by atomic mass is 10.1. The van der Waals surface area contributed by atoms with E-state index in [0.29, 0.717) is 11.1 Å². The molecule has 1 N–H and O–H groups in total. The van der Waals surface area contributed by atoms with E-state index in [1.54, 1.807) is 6.07 Å². The van der Waals surface area contributed by atoms with Gasteiger partial charge in [-0.15, -0.1) is 0 Å². The smallest absolute Gasteiger partial charge is 0.134 e. The van der Waals surface area contributed by atoms with E-state index in [-0.39, 0.29) is 0 Å². The van der Waals surface area contributed by atoms with Crippen molar-refractivity contribution in [3.05, 3.63) is 17.0 Å². The summed E-state index contributed by atoms with van der Waals surface area (Å²) in [7, 11) is 0. The Morgan fingerprint density at radius 2 is 2.41 bits per heavy atom. The molecule has 0 amide bonds. The summed E-state index contributed by atoms with van der Waals surface area (Å²) in [6.07, 6.45) is 3.08. The van der Waals surface area contributed by atoms with Crippen LogP contribution in [0.2, 0.25) is 5.15 Å². The summed E-state index contributed by atoms with van der Waals surface area (Å²) in [5.41, 5.74) is 0. The van der Waals surface area contributed by atoms with Gasteiger partial charge in [-0.2, -0.15) is 0 Å². The van der Waals surface area contributed by atoms with E-state index >= 15 is 0 Å². The predicted molar refractivity (Wildman–Crippen MR) is 68.5 cm³/mol. The summed E-state index contributed by atoms with van der Waals surface area (Å²) in [6.45, 7) is 4.73. The van der Waals surface area contributed by atoms with Crippen molar-refractivity contribution in [3.63, 3.8) is 0 Å². The first-order valence-corrected chi connectivity index (χ1v) is 6.51. The molecule has 4 nitrogen and oxygen atoms in total. The number of hydrogen-bond acceptors (Lipinski definition) is 4. The van der Waals surface area contributed by atoms with Crippen LogP contribution in [-0.4, -0.2) is 29.7 Å². The average molecular weight is 256 g/mol. The largest absolute Gasteiger partial charge is 0.381 e. The Morgan fingerprint density at radius 3 is 3.12 bits per heavy atom. The van der Waals surface area contributed by atoms with Gasteiger partial charge in [-0.25, -0.2) is 9.97 Å². The first kappa shape index (κ1) is 12.6. The quantitative estimate of drug-likeness (QED) is 0.822. The zero-order valence-electron chi connectivity index (χ0n) is 10.1. The number of hydrogen-bond donors (Lipinski definition) is 1. The molecule has 0 aromatic carbocycles. The standard InChI is InChI=1S/C12H18ClN3O/c1-2-11-15-10(13)7-12(16-11)14-5-3-9-4-6-17-8-9/h7,9H,2-6,8H2,1H3,(H,14,15,16). The number of aromatic nitrogens is 2. The molecule has 2 rings (SSSR count). The molecule has 1 aromatic heterocycles. The maximum atomic E-state index is 5.92. The van der Waals surface area contributed by atoms with Crippen molar-refractivity contribution in [2.24, 2.45) is 5.92 Å². The van der Waals surface area contributed by atoms with Crippen molar-refractivity contribution < 1.29 is 4.74 Å². The van der Waals surface area contributed by atoms with Gasteiger partial charge in [0.1, 0.15) is 16.8 Å². The van der Waals surface area contributed by atoms with Gasteiger partial charge in [0, 0.05) is 32.2 Å². The molecule has 2 heterocycles. The fourth-order valence-electron chi connectivity index (χ4n) is 1.93. The summed E-state index contributed by atoms with van der Waals surface area (Å²) >= 11 is 5.92. The van der Waals surface area contributed by atoms with Crippen LogP contribution in [0.15, 0.2) is 6.07 Å². The predicted octanol–water partition coefficient (Wildman–Crippen LogP) is 2.53. The van der Waals surface area contributed by atoms with E-state index < -0.39 is 0 Å². The third-order valence-corrected chi connectivity index (χ3v) is 3.13. The van der Waals surface area contributed by atoms with Gasteiger partial charge in [0.2, 0.25) is 0 Å². The molecule has 94 valence electrons. The molecule has 5 heteroatoms. The van der Waals surface area contributed by atoms with Crippen molar-refractivity contribution in [3.8, 4) is 0 Å². The van der Waals surface area contributed by atoms with E-state index in [2.05, 4.69) is 15.3 Å². The van der Waals surface area contributed by atoms with Crippen molar-refractivity contribution in [1.29, 1.82) is 0 Å². The first-order valence-electron chi connectivity index (χ1n) is 6.13. The number of ether oxygens (including phenoxy) is 1. The number of aryl methyl sites for hydroxylation is 1. The second-order valence-corrected chi connectivity index (χ2v) is 4.68. The van der Waals surface area contributed by atoms with Gasteiger partial charge >= 0.3 is 0 Å². The number of nitrogens with zero attached hydrogens (tertiary/aromatic N) is 2. The van der Waals surface area contributed by atoms with Gasteiger partial charge in [-0.05, 0) is 18.8 Å². The maximum absolute atomic E-state index is 5.92. The molecule has 0 spiro atoms. The highest BCUT2D eigenvalue weighted by molar-refractivity contribution is 6.29. The molecule has 1 atom stereocenters. The van der Waals surface area contributed by atoms with Crippen molar-refractivity contribution in [1.82, 2.24) is 9.97 Å². The zero-order chi connectivity index (χ0) is 12.1. The Morgan fingerprint density at radius 1 is 1.53 bits per heavy atom. The van der Waals surface area contributed by atoms with Gasteiger partial charge in [0.05, 0.1) is 0 Å². The lowest BCUT2D eigenvalue weighted by Crippen LogP contribution is -2.10. The van der Waals surface area contributed by atoms with Crippen LogP contribution in [-0.2, 0) is 11.2 Å². The van der Waals surface area contributed by atoms with E-state index in [1.807, 2.05) is 6.92 Å². The summed E-state index contributed by atoms with van der Waals surface area (Å²) in [5.74, 6) is 2.29. The van der Waals surface area contributed by atoms with E-state index in [0.717, 1.165) is 44.2 Å². The minimum absolute atomic E-state index is 0.503. The van der Waals surface area contributed by atoms with Crippen LogP contribution in [0.25, 0.3) is 0 Å². The van der Waals surface area contributed by atoms with Crippen LogP contribution < -0.4 is 5.32 Å². The Bertz CT molecular complexity index is 367. The number of rotatable bonds is 5. The van der Waals surface area contributed by atoms with Crippen LogP contribution in [0.5, 0.6) is 0 Å². The second-order valence-electron chi connectivity index (χ2n) is 4.29. The van der Waals surface area contributed by atoms with Gasteiger partial charge < -0.3 is 10.1 Å². The maximum Gasteiger partial charge on any atom is 0.134 e. The molecule has 1 unspecified atom stereocenters.